The van der Waals surface area contributed by atoms with Crippen molar-refractivity contribution in [3.63, 3.8) is 0 Å². The maximum absolute atomic E-state index is 12.3. The Kier molecular flexibility index (Phi) is 5.51. The van der Waals surface area contributed by atoms with E-state index >= 15 is 0 Å². The van der Waals surface area contributed by atoms with Gasteiger partial charge < -0.3 is 15.0 Å². The molecular weight excluding hydrogens is 364 g/mol. The number of nitrogens with one attached hydrogen (secondary N) is 1. The molecule has 6 heteroatoms. The van der Waals surface area contributed by atoms with Crippen molar-refractivity contribution in [3.05, 3.63) is 58.6 Å². The number of ether oxygens (including phenoxy) is 1. The number of amides is 1. The van der Waals surface area contributed by atoms with Crippen LogP contribution in [0.4, 0.5) is 5.69 Å². The van der Waals surface area contributed by atoms with Crippen LogP contribution in [0.3, 0.4) is 0 Å². The lowest BCUT2D eigenvalue weighted by Gasteiger charge is -2.14. The molecule has 0 saturated carbocycles. The van der Waals surface area contributed by atoms with Gasteiger partial charge in [0.2, 0.25) is 0 Å². The second-order valence-electron chi connectivity index (χ2n) is 4.75. The summed E-state index contributed by atoms with van der Waals surface area (Å²) >= 11 is 8.46. The molecule has 2 aromatic carbocycles. The SMILES string of the molecule is CN(C)C(=S)Oc1cccc(C(=O)Nc2cccc(Br)c2)c1. The lowest BCUT2D eigenvalue weighted by atomic mass is 10.2. The van der Waals surface area contributed by atoms with E-state index in [0.29, 0.717) is 16.5 Å². The van der Waals surface area contributed by atoms with Crippen molar-refractivity contribution in [3.8, 4) is 5.75 Å². The Labute approximate surface area is 143 Å². The molecule has 0 aromatic heterocycles. The molecule has 1 N–H and O–H groups in total. The minimum atomic E-state index is -0.209. The number of carbonyl (C=O) groups excluding carboxylic acids is 1. The zero-order valence-electron chi connectivity index (χ0n) is 12.2. The summed E-state index contributed by atoms with van der Waals surface area (Å²) in [5, 5.41) is 3.17. The molecule has 0 heterocycles. The van der Waals surface area contributed by atoms with Crippen LogP contribution >= 0.6 is 28.1 Å². The largest absolute Gasteiger partial charge is 0.432 e. The van der Waals surface area contributed by atoms with Gasteiger partial charge >= 0.3 is 0 Å². The first-order valence-electron chi connectivity index (χ1n) is 6.52. The van der Waals surface area contributed by atoms with E-state index in [1.54, 1.807) is 43.3 Å². The van der Waals surface area contributed by atoms with Crippen LogP contribution in [0.1, 0.15) is 10.4 Å². The number of thiocarbonyl (C=S) groups is 1. The number of anilines is 1. The molecule has 2 rings (SSSR count). The van der Waals surface area contributed by atoms with Gasteiger partial charge in [-0.1, -0.05) is 28.1 Å². The summed E-state index contributed by atoms with van der Waals surface area (Å²) in [6.45, 7) is 0. The number of hydrogen-bond donors (Lipinski definition) is 1. The minimum absolute atomic E-state index is 0.209. The Morgan fingerprint density at radius 1 is 1.18 bits per heavy atom. The van der Waals surface area contributed by atoms with E-state index in [0.717, 1.165) is 10.2 Å². The molecule has 0 fully saturated rings. The summed E-state index contributed by atoms with van der Waals surface area (Å²) < 4.78 is 6.41. The van der Waals surface area contributed by atoms with Crippen LogP contribution in [-0.2, 0) is 0 Å². The first-order valence-corrected chi connectivity index (χ1v) is 7.72. The maximum atomic E-state index is 12.3. The second-order valence-corrected chi connectivity index (χ2v) is 6.02. The Balaban J connectivity index is 2.11. The highest BCUT2D eigenvalue weighted by molar-refractivity contribution is 9.10. The number of rotatable bonds is 3. The van der Waals surface area contributed by atoms with E-state index in [9.17, 15) is 4.79 Å². The molecule has 22 heavy (non-hydrogen) atoms. The molecule has 2 aromatic rings. The van der Waals surface area contributed by atoms with Gasteiger partial charge in [0.05, 0.1) is 0 Å². The van der Waals surface area contributed by atoms with Crippen LogP contribution in [0.15, 0.2) is 53.0 Å². The first kappa shape index (κ1) is 16.5. The van der Waals surface area contributed by atoms with E-state index in [4.69, 9.17) is 17.0 Å². The standard InChI is InChI=1S/C16H15BrN2O2S/c1-19(2)16(22)21-14-8-3-5-11(9-14)15(20)18-13-7-4-6-12(17)10-13/h3-10H,1-2H3,(H,18,20). The van der Waals surface area contributed by atoms with Crippen molar-refractivity contribution < 1.29 is 9.53 Å². The van der Waals surface area contributed by atoms with Gasteiger partial charge in [-0.25, -0.2) is 0 Å². The molecule has 0 bridgehead atoms. The van der Waals surface area contributed by atoms with E-state index in [2.05, 4.69) is 21.2 Å². The molecule has 0 radical (unpaired) electrons. The fraction of sp³-hybridized carbons (Fsp3) is 0.125. The Morgan fingerprint density at radius 2 is 1.91 bits per heavy atom. The smallest absolute Gasteiger partial charge is 0.264 e. The number of benzene rings is 2. The Hall–Kier alpha value is -1.92. The number of nitrogens with zero attached hydrogens (tertiary/aromatic N) is 1. The molecule has 0 aliphatic rings. The van der Waals surface area contributed by atoms with Crippen molar-refractivity contribution in [2.75, 3.05) is 19.4 Å². The Morgan fingerprint density at radius 3 is 2.59 bits per heavy atom. The van der Waals surface area contributed by atoms with Crippen LogP contribution in [0, 0.1) is 0 Å². The third kappa shape index (κ3) is 4.54. The van der Waals surface area contributed by atoms with E-state index in [1.807, 2.05) is 24.3 Å². The molecule has 0 atom stereocenters. The topological polar surface area (TPSA) is 41.6 Å². The quantitative estimate of drug-likeness (QED) is 0.821. The van der Waals surface area contributed by atoms with E-state index in [1.165, 1.54) is 0 Å². The third-order valence-electron chi connectivity index (χ3n) is 2.75. The third-order valence-corrected chi connectivity index (χ3v) is 3.69. The van der Waals surface area contributed by atoms with Gasteiger partial charge in [0.1, 0.15) is 5.75 Å². The summed E-state index contributed by atoms with van der Waals surface area (Å²) in [5.74, 6) is 0.319. The van der Waals surface area contributed by atoms with Gasteiger partial charge in [0, 0.05) is 29.8 Å². The van der Waals surface area contributed by atoms with Gasteiger partial charge in [-0.3, -0.25) is 4.79 Å². The van der Waals surface area contributed by atoms with Crippen LogP contribution < -0.4 is 10.1 Å². The Bertz CT molecular complexity index is 704. The van der Waals surface area contributed by atoms with Crippen molar-refractivity contribution in [1.82, 2.24) is 4.90 Å². The fourth-order valence-electron chi connectivity index (χ4n) is 1.66. The normalized spacial score (nSPS) is 9.95. The fourth-order valence-corrected chi connectivity index (χ4v) is 2.16. The van der Waals surface area contributed by atoms with Crippen molar-refractivity contribution in [1.29, 1.82) is 0 Å². The molecule has 0 aliphatic carbocycles. The first-order chi connectivity index (χ1) is 10.5. The van der Waals surface area contributed by atoms with Crippen LogP contribution in [0.2, 0.25) is 0 Å². The maximum Gasteiger partial charge on any atom is 0.264 e. The summed E-state index contributed by atoms with van der Waals surface area (Å²) in [7, 11) is 3.60. The van der Waals surface area contributed by atoms with Crippen LogP contribution in [-0.4, -0.2) is 30.1 Å². The van der Waals surface area contributed by atoms with Crippen molar-refractivity contribution in [2.24, 2.45) is 0 Å². The van der Waals surface area contributed by atoms with Gasteiger partial charge in [-0.15, -0.1) is 0 Å². The van der Waals surface area contributed by atoms with Crippen LogP contribution in [0.5, 0.6) is 5.75 Å². The van der Waals surface area contributed by atoms with Gasteiger partial charge in [-0.05, 0) is 48.6 Å². The second kappa shape index (κ2) is 7.38. The van der Waals surface area contributed by atoms with Gasteiger partial charge in [-0.2, -0.15) is 0 Å². The summed E-state index contributed by atoms with van der Waals surface area (Å²) in [4.78, 5) is 14.0. The molecule has 1 amide bonds. The predicted molar refractivity (Wildman–Crippen MR) is 95.5 cm³/mol. The molecular formula is C16H15BrN2O2S. The van der Waals surface area contributed by atoms with Crippen LogP contribution in [0.25, 0.3) is 0 Å². The molecule has 0 saturated heterocycles. The lowest BCUT2D eigenvalue weighted by molar-refractivity contribution is 0.102. The molecule has 0 aliphatic heterocycles. The minimum Gasteiger partial charge on any atom is -0.432 e. The predicted octanol–water partition coefficient (Wildman–Crippen LogP) is 3.93. The lowest BCUT2D eigenvalue weighted by Crippen LogP contribution is -2.25. The molecule has 4 nitrogen and oxygen atoms in total. The average molecular weight is 379 g/mol. The highest BCUT2D eigenvalue weighted by Gasteiger charge is 2.09. The van der Waals surface area contributed by atoms with E-state index in [-0.39, 0.29) is 5.91 Å². The molecule has 0 unspecified atom stereocenters. The monoisotopic (exact) mass is 378 g/mol. The summed E-state index contributed by atoms with van der Waals surface area (Å²) in [5.41, 5.74) is 1.22. The van der Waals surface area contributed by atoms with E-state index < -0.39 is 0 Å². The number of carbonyl (C=O) groups is 1. The highest BCUT2D eigenvalue weighted by atomic mass is 79.9. The zero-order chi connectivity index (χ0) is 16.1. The number of halogens is 1. The number of hydrogen-bond acceptors (Lipinski definition) is 3. The van der Waals surface area contributed by atoms with Crippen molar-refractivity contribution in [2.45, 2.75) is 0 Å². The van der Waals surface area contributed by atoms with Gasteiger partial charge in [0.15, 0.2) is 0 Å². The molecule has 0 spiro atoms. The average Bonchev–Trinajstić information content (AvgIpc) is 2.47. The highest BCUT2D eigenvalue weighted by Crippen LogP contribution is 2.18. The van der Waals surface area contributed by atoms with Gasteiger partial charge in [0.25, 0.3) is 11.1 Å². The zero-order valence-corrected chi connectivity index (χ0v) is 14.6. The summed E-state index contributed by atoms with van der Waals surface area (Å²) in [6, 6.07) is 14.3. The summed E-state index contributed by atoms with van der Waals surface area (Å²) in [6.07, 6.45) is 0. The van der Waals surface area contributed by atoms with Crippen molar-refractivity contribution >= 4 is 44.9 Å². The molecule has 114 valence electrons.